The predicted octanol–water partition coefficient (Wildman–Crippen LogP) is 32.3. The molecular weight excluding hydrogens is 1440 g/mol. The molecule has 13 rings (SSSR count). The van der Waals surface area contributed by atoms with Crippen molar-refractivity contribution in [1.29, 1.82) is 0 Å². The summed E-state index contributed by atoms with van der Waals surface area (Å²) in [6.45, 7) is 17.8. The molecule has 13 aromatic rings. The molecule has 0 bridgehead atoms. The molecule has 0 unspecified atom stereocenters. The number of rotatable bonds is 45. The van der Waals surface area contributed by atoms with E-state index >= 15 is 0 Å². The van der Waals surface area contributed by atoms with Crippen LogP contribution in [0.1, 0.15) is 196 Å². The van der Waals surface area contributed by atoms with Gasteiger partial charge in [0.15, 0.2) is 0 Å². The summed E-state index contributed by atoms with van der Waals surface area (Å²) in [7, 11) is 0. The smallest absolute Gasteiger partial charge is 0.128 e. The predicted molar refractivity (Wildman–Crippen MR) is 473 cm³/mol. The summed E-state index contributed by atoms with van der Waals surface area (Å²) in [6.07, 6.45) is 27.7. The van der Waals surface area contributed by atoms with Crippen LogP contribution < -0.4 is 28.4 Å². The van der Waals surface area contributed by atoms with Crippen LogP contribution in [0.4, 0.5) is 0 Å². The van der Waals surface area contributed by atoms with Gasteiger partial charge in [-0.1, -0.05) is 157 Å². The van der Waals surface area contributed by atoms with Crippen LogP contribution in [0.25, 0.3) is 124 Å². The fourth-order valence-corrected chi connectivity index (χ4v) is 20.6. The van der Waals surface area contributed by atoms with Crippen molar-refractivity contribution in [2.75, 3.05) is 39.6 Å². The number of hydrogen-bond donors (Lipinski definition) is 0. The topological polar surface area (TPSA) is 55.4 Å². The van der Waals surface area contributed by atoms with E-state index in [4.69, 9.17) is 28.4 Å². The number of fused-ring (bicyclic) bond motifs is 6. The van der Waals surface area contributed by atoms with E-state index in [2.05, 4.69) is 224 Å². The van der Waals surface area contributed by atoms with Crippen LogP contribution in [-0.2, 0) is 0 Å². The van der Waals surface area contributed by atoms with E-state index in [1.54, 1.807) is 0 Å². The van der Waals surface area contributed by atoms with Crippen LogP contribution in [-0.4, -0.2) is 39.6 Å². The van der Waals surface area contributed by atoms with Gasteiger partial charge in [0.2, 0.25) is 0 Å². The first kappa shape index (κ1) is 78.4. The van der Waals surface area contributed by atoms with Gasteiger partial charge in [-0.25, -0.2) is 0 Å². The highest BCUT2D eigenvalue weighted by atomic mass is 32.1. The minimum atomic E-state index is 0.638. The molecular formula is C96H108O6S6. The Morgan fingerprint density at radius 2 is 0.380 bits per heavy atom. The van der Waals surface area contributed by atoms with Crippen molar-refractivity contribution in [2.24, 2.45) is 0 Å². The molecule has 0 amide bonds. The zero-order valence-electron chi connectivity index (χ0n) is 64.4. The van der Waals surface area contributed by atoms with E-state index in [0.717, 1.165) is 145 Å². The monoisotopic (exact) mass is 1550 g/mol. The lowest BCUT2D eigenvalue weighted by molar-refractivity contribution is 0.305. The molecule has 0 radical (unpaired) electrons. The third-order valence-electron chi connectivity index (χ3n) is 20.4. The Labute approximate surface area is 667 Å². The zero-order chi connectivity index (χ0) is 74.2. The van der Waals surface area contributed by atoms with Crippen LogP contribution in [0.15, 0.2) is 182 Å². The Balaban J connectivity index is 0.930. The number of unbranched alkanes of at least 4 members (excludes halogenated alkanes) is 18. The summed E-state index contributed by atoms with van der Waals surface area (Å²) in [4.78, 5) is 14.7. The lowest BCUT2D eigenvalue weighted by Crippen LogP contribution is -2.01. The molecule has 6 heterocycles. The fraction of sp³-hybridized carbons (Fsp3) is 0.375. The molecule has 12 heteroatoms. The van der Waals surface area contributed by atoms with E-state index in [0.29, 0.717) is 19.8 Å². The molecule has 6 nitrogen and oxygen atoms in total. The van der Waals surface area contributed by atoms with Gasteiger partial charge >= 0.3 is 0 Å². The summed E-state index contributed by atoms with van der Waals surface area (Å²) >= 11 is 11.1. The first-order chi connectivity index (χ1) is 53.3. The molecule has 6 aromatic heterocycles. The van der Waals surface area contributed by atoms with Gasteiger partial charge in [-0.05, 0) is 270 Å². The third kappa shape index (κ3) is 20.3. The molecule has 7 aromatic carbocycles. The summed E-state index contributed by atoms with van der Waals surface area (Å²) in [5, 5.41) is 6.96. The number of thiophene rings is 6. The van der Waals surface area contributed by atoms with Gasteiger partial charge < -0.3 is 28.4 Å². The fourth-order valence-electron chi connectivity index (χ4n) is 14.2. The van der Waals surface area contributed by atoms with Gasteiger partial charge in [-0.2, -0.15) is 0 Å². The maximum Gasteiger partial charge on any atom is 0.128 e. The highest BCUT2D eigenvalue weighted by molar-refractivity contribution is 7.26. The number of benzene rings is 7. The molecule has 0 saturated heterocycles. The third-order valence-corrected chi connectivity index (χ3v) is 27.7. The highest BCUT2D eigenvalue weighted by Crippen LogP contribution is 2.52. The number of hydrogen-bond acceptors (Lipinski definition) is 12. The average Bonchev–Trinajstić information content (AvgIpc) is 0.815. The second-order valence-electron chi connectivity index (χ2n) is 28.7. The van der Waals surface area contributed by atoms with E-state index in [-0.39, 0.29) is 0 Å². The first-order valence-electron chi connectivity index (χ1n) is 40.5. The quantitative estimate of drug-likeness (QED) is 0.0280. The molecule has 0 spiro atoms. The van der Waals surface area contributed by atoms with Crippen molar-refractivity contribution in [3.05, 3.63) is 182 Å². The second-order valence-corrected chi connectivity index (χ2v) is 35.2. The van der Waals surface area contributed by atoms with Crippen molar-refractivity contribution < 1.29 is 28.4 Å². The lowest BCUT2D eigenvalue weighted by Gasteiger charge is -2.20. The van der Waals surface area contributed by atoms with Crippen molar-refractivity contribution in [1.82, 2.24) is 0 Å². The normalized spacial score (nSPS) is 11.6. The average molecular weight is 1550 g/mol. The summed E-state index contributed by atoms with van der Waals surface area (Å²) in [5.41, 5.74) is 6.93. The van der Waals surface area contributed by atoms with Crippen LogP contribution in [0.2, 0.25) is 0 Å². The van der Waals surface area contributed by atoms with Gasteiger partial charge in [0.05, 0.1) is 39.6 Å². The van der Waals surface area contributed by atoms with Crippen molar-refractivity contribution >= 4 is 100 Å². The zero-order valence-corrected chi connectivity index (χ0v) is 69.3. The summed E-state index contributed by atoms with van der Waals surface area (Å²) in [5.74, 6) is 5.53. The Bertz CT molecular complexity index is 4400. The lowest BCUT2D eigenvalue weighted by atomic mass is 9.89. The Hall–Kier alpha value is -7.68. The largest absolute Gasteiger partial charge is 0.494 e. The Morgan fingerprint density at radius 3 is 0.611 bits per heavy atom. The molecule has 0 saturated carbocycles. The summed E-state index contributed by atoms with van der Waals surface area (Å²) in [6, 6.07) is 68.2. The van der Waals surface area contributed by atoms with E-state index in [1.165, 1.54) is 188 Å². The van der Waals surface area contributed by atoms with E-state index < -0.39 is 0 Å². The van der Waals surface area contributed by atoms with Gasteiger partial charge in [0.1, 0.15) is 34.5 Å². The van der Waals surface area contributed by atoms with Crippen molar-refractivity contribution in [3.63, 3.8) is 0 Å². The summed E-state index contributed by atoms with van der Waals surface area (Å²) < 4.78 is 40.1. The Kier molecular flexibility index (Phi) is 29.3. The van der Waals surface area contributed by atoms with Crippen molar-refractivity contribution in [3.8, 4) is 126 Å². The van der Waals surface area contributed by atoms with Gasteiger partial charge in [0, 0.05) is 75.2 Å². The Morgan fingerprint density at radius 1 is 0.185 bits per heavy atom. The molecule has 0 aliphatic rings. The minimum Gasteiger partial charge on any atom is -0.494 e. The molecule has 0 aliphatic heterocycles. The maximum absolute atomic E-state index is 7.20. The molecule has 564 valence electrons. The maximum atomic E-state index is 7.20. The molecule has 0 fully saturated rings. The van der Waals surface area contributed by atoms with Crippen LogP contribution in [0.5, 0.6) is 34.5 Å². The van der Waals surface area contributed by atoms with Crippen LogP contribution >= 0.6 is 68.0 Å². The molecule has 108 heavy (non-hydrogen) atoms. The standard InChI is InChI=1S/C96H108O6S6/c1-7-13-19-25-55-97-70-37-31-67(32-38-70)85-43-49-91(103-85)94-52-46-88(106-94)79-61-73-76(64-82(79)100-58-28-22-16-10-4)74-62-80(89-47-53-95(107-89)92-50-44-86(104-92)68-33-39-71(40-34-68)98-56-26-20-14-8-2)84(102-60-30-24-18-12-6)66-78(74)75-63-81(83(65-77(73)75)101-59-29-23-17-11-5)90-48-54-96(108-90)93-51-45-87(105-93)69-35-41-72(42-36-69)99-57-27-21-15-9-3/h31-54,61-66H,7-30,55-60H2,1-6H3. The van der Waals surface area contributed by atoms with Crippen molar-refractivity contribution in [2.45, 2.75) is 196 Å². The second kappa shape index (κ2) is 40.3. The highest BCUT2D eigenvalue weighted by Gasteiger charge is 2.24. The van der Waals surface area contributed by atoms with Gasteiger partial charge in [-0.15, -0.1) is 68.0 Å². The SMILES string of the molecule is CCCCCCOc1ccc(-c2ccc(-c3ccc(-c4cc5c(cc4OCCCCCC)c4cc(-c6ccc(-c7ccc(-c8ccc(OCCCCCC)cc8)s7)s6)c(OCCCCCC)cc4c4cc(-c6ccc(-c7ccc(-c8ccc(OCCCCCC)cc8)s7)s6)c(OCCCCCC)cc54)s3)s2)cc1. The van der Waals surface area contributed by atoms with Crippen LogP contribution in [0.3, 0.4) is 0 Å². The van der Waals surface area contributed by atoms with E-state index in [9.17, 15) is 0 Å². The molecule has 0 aliphatic carbocycles. The van der Waals surface area contributed by atoms with Gasteiger partial charge in [0.25, 0.3) is 0 Å². The number of ether oxygens (including phenoxy) is 6. The van der Waals surface area contributed by atoms with E-state index in [1.807, 2.05) is 68.0 Å². The van der Waals surface area contributed by atoms with Crippen LogP contribution in [0, 0.1) is 0 Å². The molecule has 0 N–H and O–H groups in total. The minimum absolute atomic E-state index is 0.638. The van der Waals surface area contributed by atoms with Gasteiger partial charge in [-0.3, -0.25) is 0 Å². The first-order valence-corrected chi connectivity index (χ1v) is 45.4. The molecule has 0 atom stereocenters.